The number of hydrogen-bond donors (Lipinski definition) is 2. The zero-order valence-corrected chi connectivity index (χ0v) is 13.2. The van der Waals surface area contributed by atoms with Crippen molar-refractivity contribution in [2.24, 2.45) is 17.0 Å². The highest BCUT2D eigenvalue weighted by Gasteiger charge is 2.34. The standard InChI is InChI=1S/C14H28N2O3S/c1-12-2-6-14(17,7-3-12)11-16-8-4-13(5-9-16)10-20(15,18)19/h12-13,17H,2-11H2,1H3,(H2,15,18,19). The fourth-order valence-corrected chi connectivity index (χ4v) is 4.50. The van der Waals surface area contributed by atoms with Crippen LogP contribution in [0.3, 0.4) is 0 Å². The molecule has 1 aliphatic heterocycles. The number of primary sulfonamides is 1. The van der Waals surface area contributed by atoms with E-state index in [1.165, 1.54) is 0 Å². The summed E-state index contributed by atoms with van der Waals surface area (Å²) in [6, 6.07) is 0. The second-order valence-corrected chi connectivity index (χ2v) is 8.61. The summed E-state index contributed by atoms with van der Waals surface area (Å²) in [6.07, 6.45) is 5.74. The molecule has 1 saturated carbocycles. The first kappa shape index (κ1) is 16.2. The number of piperidine rings is 1. The fraction of sp³-hybridized carbons (Fsp3) is 1.00. The molecule has 118 valence electrons. The second-order valence-electron chi connectivity index (χ2n) is 6.96. The van der Waals surface area contributed by atoms with Crippen LogP contribution >= 0.6 is 0 Å². The van der Waals surface area contributed by atoms with Gasteiger partial charge in [0.2, 0.25) is 10.0 Å². The molecule has 0 aromatic carbocycles. The maximum atomic E-state index is 11.1. The van der Waals surface area contributed by atoms with E-state index in [0.29, 0.717) is 0 Å². The van der Waals surface area contributed by atoms with Crippen molar-refractivity contribution in [2.45, 2.75) is 51.0 Å². The summed E-state index contributed by atoms with van der Waals surface area (Å²) >= 11 is 0. The average molecular weight is 304 g/mol. The van der Waals surface area contributed by atoms with E-state index < -0.39 is 15.6 Å². The molecule has 2 fully saturated rings. The number of nitrogens with two attached hydrogens (primary N) is 1. The van der Waals surface area contributed by atoms with Crippen LogP contribution in [0.1, 0.15) is 45.4 Å². The van der Waals surface area contributed by atoms with Crippen LogP contribution in [0, 0.1) is 11.8 Å². The SMILES string of the molecule is CC1CCC(O)(CN2CCC(CS(N)(=O)=O)CC2)CC1. The van der Waals surface area contributed by atoms with Crippen molar-refractivity contribution in [1.82, 2.24) is 4.90 Å². The van der Waals surface area contributed by atoms with Crippen LogP contribution in [0.4, 0.5) is 0 Å². The molecule has 1 aliphatic carbocycles. The van der Waals surface area contributed by atoms with E-state index in [0.717, 1.165) is 64.1 Å². The van der Waals surface area contributed by atoms with Gasteiger partial charge in [-0.3, -0.25) is 0 Å². The minimum Gasteiger partial charge on any atom is -0.389 e. The van der Waals surface area contributed by atoms with Gasteiger partial charge < -0.3 is 10.0 Å². The first-order valence-electron chi connectivity index (χ1n) is 7.71. The summed E-state index contributed by atoms with van der Waals surface area (Å²) in [4.78, 5) is 2.29. The highest BCUT2D eigenvalue weighted by atomic mass is 32.2. The molecule has 6 heteroatoms. The minimum atomic E-state index is -3.35. The normalized spacial score (nSPS) is 34.2. The summed E-state index contributed by atoms with van der Waals surface area (Å²) in [5.74, 6) is 1.01. The number of nitrogens with zero attached hydrogens (tertiary/aromatic N) is 1. The smallest absolute Gasteiger partial charge is 0.209 e. The van der Waals surface area contributed by atoms with Crippen molar-refractivity contribution in [3.05, 3.63) is 0 Å². The third-order valence-electron chi connectivity index (χ3n) is 4.90. The molecule has 2 aliphatic rings. The third-order valence-corrected chi connectivity index (χ3v) is 5.83. The summed E-state index contributed by atoms with van der Waals surface area (Å²) in [5, 5.41) is 15.7. The minimum absolute atomic E-state index is 0.0998. The molecule has 0 bridgehead atoms. The Balaban J connectivity index is 1.77. The monoisotopic (exact) mass is 304 g/mol. The van der Waals surface area contributed by atoms with Crippen LogP contribution in [0.25, 0.3) is 0 Å². The van der Waals surface area contributed by atoms with Gasteiger partial charge in [0.25, 0.3) is 0 Å². The molecule has 5 nitrogen and oxygen atoms in total. The van der Waals surface area contributed by atoms with Crippen molar-refractivity contribution in [2.75, 3.05) is 25.4 Å². The maximum absolute atomic E-state index is 11.1. The number of rotatable bonds is 4. The molecule has 1 saturated heterocycles. The average Bonchev–Trinajstić information content (AvgIpc) is 2.34. The van der Waals surface area contributed by atoms with Crippen LogP contribution in [-0.4, -0.2) is 49.4 Å². The Morgan fingerprint density at radius 3 is 2.25 bits per heavy atom. The van der Waals surface area contributed by atoms with E-state index >= 15 is 0 Å². The molecule has 20 heavy (non-hydrogen) atoms. The van der Waals surface area contributed by atoms with Gasteiger partial charge in [0.15, 0.2) is 0 Å². The van der Waals surface area contributed by atoms with Gasteiger partial charge in [-0.15, -0.1) is 0 Å². The highest BCUT2D eigenvalue weighted by Crippen LogP contribution is 2.33. The third kappa shape index (κ3) is 4.98. The van der Waals surface area contributed by atoms with Crippen molar-refractivity contribution in [1.29, 1.82) is 0 Å². The predicted octanol–water partition coefficient (Wildman–Crippen LogP) is 0.928. The lowest BCUT2D eigenvalue weighted by Gasteiger charge is -2.41. The fourth-order valence-electron chi connectivity index (χ4n) is 3.51. The molecule has 0 atom stereocenters. The predicted molar refractivity (Wildman–Crippen MR) is 79.7 cm³/mol. The molecular weight excluding hydrogens is 276 g/mol. The summed E-state index contributed by atoms with van der Waals surface area (Å²) in [5.41, 5.74) is -0.528. The second kappa shape index (κ2) is 6.30. The molecule has 0 spiro atoms. The summed E-state index contributed by atoms with van der Waals surface area (Å²) < 4.78 is 22.2. The van der Waals surface area contributed by atoms with Gasteiger partial charge in [0.1, 0.15) is 0 Å². The molecule has 1 heterocycles. The van der Waals surface area contributed by atoms with E-state index in [4.69, 9.17) is 5.14 Å². The lowest BCUT2D eigenvalue weighted by Crippen LogP contribution is -2.48. The van der Waals surface area contributed by atoms with Crippen LogP contribution in [0.2, 0.25) is 0 Å². The Morgan fingerprint density at radius 2 is 1.75 bits per heavy atom. The van der Waals surface area contributed by atoms with Gasteiger partial charge in [-0.25, -0.2) is 13.6 Å². The molecule has 3 N–H and O–H groups in total. The van der Waals surface area contributed by atoms with E-state index in [-0.39, 0.29) is 11.7 Å². The molecule has 2 rings (SSSR count). The molecule has 0 aromatic heterocycles. The summed E-state index contributed by atoms with van der Waals surface area (Å²) in [7, 11) is -3.35. The van der Waals surface area contributed by atoms with E-state index in [1.807, 2.05) is 0 Å². The summed E-state index contributed by atoms with van der Waals surface area (Å²) in [6.45, 7) is 4.73. The lowest BCUT2D eigenvalue weighted by atomic mass is 9.79. The Kier molecular flexibility index (Phi) is 5.10. The first-order chi connectivity index (χ1) is 9.26. The van der Waals surface area contributed by atoms with E-state index in [2.05, 4.69) is 11.8 Å². The van der Waals surface area contributed by atoms with Crippen molar-refractivity contribution >= 4 is 10.0 Å². The first-order valence-corrected chi connectivity index (χ1v) is 9.42. The number of aliphatic hydroxyl groups is 1. The Bertz CT molecular complexity index is 408. The molecule has 0 aromatic rings. The molecule has 0 radical (unpaired) electrons. The van der Waals surface area contributed by atoms with Gasteiger partial charge in [0.05, 0.1) is 11.4 Å². The molecular formula is C14H28N2O3S. The van der Waals surface area contributed by atoms with E-state index in [1.54, 1.807) is 0 Å². The van der Waals surface area contributed by atoms with Gasteiger partial charge in [-0.05, 0) is 63.5 Å². The Labute approximate surface area is 122 Å². The van der Waals surface area contributed by atoms with Crippen LogP contribution in [-0.2, 0) is 10.0 Å². The van der Waals surface area contributed by atoms with Crippen LogP contribution in [0.15, 0.2) is 0 Å². The van der Waals surface area contributed by atoms with Gasteiger partial charge in [-0.1, -0.05) is 6.92 Å². The number of β-amino-alcohol motifs (C(OH)–C–C–N with tert-alkyl or cyclic N) is 1. The Hall–Kier alpha value is -0.170. The molecule has 0 unspecified atom stereocenters. The topological polar surface area (TPSA) is 83.6 Å². The number of sulfonamides is 1. The van der Waals surface area contributed by atoms with Crippen LogP contribution in [0.5, 0.6) is 0 Å². The van der Waals surface area contributed by atoms with E-state index in [9.17, 15) is 13.5 Å². The largest absolute Gasteiger partial charge is 0.389 e. The van der Waals surface area contributed by atoms with Crippen LogP contribution < -0.4 is 5.14 Å². The molecule has 0 amide bonds. The van der Waals surface area contributed by atoms with Gasteiger partial charge in [-0.2, -0.15) is 0 Å². The number of likely N-dealkylation sites (tertiary alicyclic amines) is 1. The van der Waals surface area contributed by atoms with Crippen molar-refractivity contribution in [3.63, 3.8) is 0 Å². The quantitative estimate of drug-likeness (QED) is 0.809. The maximum Gasteiger partial charge on any atom is 0.209 e. The zero-order valence-electron chi connectivity index (χ0n) is 12.4. The lowest BCUT2D eigenvalue weighted by molar-refractivity contribution is -0.0403. The van der Waals surface area contributed by atoms with Crippen molar-refractivity contribution in [3.8, 4) is 0 Å². The zero-order chi connectivity index (χ0) is 14.8. The van der Waals surface area contributed by atoms with Gasteiger partial charge >= 0.3 is 0 Å². The number of hydrogen-bond acceptors (Lipinski definition) is 4. The Morgan fingerprint density at radius 1 is 1.20 bits per heavy atom. The highest BCUT2D eigenvalue weighted by molar-refractivity contribution is 7.89. The van der Waals surface area contributed by atoms with Gasteiger partial charge in [0, 0.05) is 6.54 Å². The van der Waals surface area contributed by atoms with Crippen molar-refractivity contribution < 1.29 is 13.5 Å².